The van der Waals surface area contributed by atoms with E-state index in [-0.39, 0.29) is 24.8 Å². The number of hydrogen-bond donors (Lipinski definition) is 3. The molecule has 2 heterocycles. The van der Waals surface area contributed by atoms with E-state index < -0.39 is 0 Å². The summed E-state index contributed by atoms with van der Waals surface area (Å²) in [6.45, 7) is 0.283. The maximum atomic E-state index is 12.1. The van der Waals surface area contributed by atoms with E-state index in [2.05, 4.69) is 15.6 Å². The van der Waals surface area contributed by atoms with Crippen LogP contribution in [0.2, 0.25) is 0 Å². The van der Waals surface area contributed by atoms with E-state index >= 15 is 0 Å². The number of imidazole rings is 1. The second-order valence-electron chi connectivity index (χ2n) is 5.22. The van der Waals surface area contributed by atoms with Crippen LogP contribution in [0.3, 0.4) is 0 Å². The summed E-state index contributed by atoms with van der Waals surface area (Å²) in [6.07, 6.45) is 3.78. The van der Waals surface area contributed by atoms with Crippen LogP contribution in [0.4, 0.5) is 5.69 Å². The quantitative estimate of drug-likeness (QED) is 0.581. The summed E-state index contributed by atoms with van der Waals surface area (Å²) in [5.74, 6) is -0.326. The highest BCUT2D eigenvalue weighted by Gasteiger charge is 2.08. The van der Waals surface area contributed by atoms with Gasteiger partial charge in [0.25, 0.3) is 5.91 Å². The number of nitrogens with one attached hydrogen (secondary N) is 3. The van der Waals surface area contributed by atoms with Crippen LogP contribution >= 0.6 is 23.6 Å². The molecule has 0 saturated heterocycles. The standard InChI is InChI=1S/C17H16N4O2S2/c22-15(6-7-18-16(23)14-5-2-10-25-14)20-12-3-1-4-13(11-12)21-9-8-19-17(21)24/h1-5,8-11H,6-7H2,(H,18,23)(H,19,24)(H,20,22). The number of rotatable bonds is 6. The normalized spacial score (nSPS) is 10.4. The van der Waals surface area contributed by atoms with Crippen molar-refractivity contribution in [3.05, 3.63) is 63.8 Å². The summed E-state index contributed by atoms with van der Waals surface area (Å²) >= 11 is 6.56. The Kier molecular flexibility index (Phi) is 5.42. The fourth-order valence-electron chi connectivity index (χ4n) is 2.27. The van der Waals surface area contributed by atoms with Crippen LogP contribution < -0.4 is 10.6 Å². The van der Waals surface area contributed by atoms with Gasteiger partial charge in [0.1, 0.15) is 0 Å². The smallest absolute Gasteiger partial charge is 0.261 e. The third-order valence-electron chi connectivity index (χ3n) is 3.44. The Hall–Kier alpha value is -2.71. The molecule has 0 unspecified atom stereocenters. The number of hydrogen-bond acceptors (Lipinski definition) is 4. The van der Waals surface area contributed by atoms with Crippen molar-refractivity contribution in [2.75, 3.05) is 11.9 Å². The fraction of sp³-hybridized carbons (Fsp3) is 0.118. The zero-order chi connectivity index (χ0) is 17.6. The first kappa shape index (κ1) is 17.1. The molecule has 0 radical (unpaired) electrons. The number of aromatic amines is 1. The first-order valence-corrected chi connectivity index (χ1v) is 8.90. The van der Waals surface area contributed by atoms with Gasteiger partial charge in [-0.1, -0.05) is 12.1 Å². The molecule has 0 aliphatic heterocycles. The van der Waals surface area contributed by atoms with Gasteiger partial charge in [-0.25, -0.2) is 0 Å². The number of aromatic nitrogens is 2. The number of carbonyl (C=O) groups excluding carboxylic acids is 2. The Balaban J connectivity index is 1.54. The van der Waals surface area contributed by atoms with Gasteiger partial charge in [0.15, 0.2) is 4.77 Å². The van der Waals surface area contributed by atoms with E-state index in [0.29, 0.717) is 15.3 Å². The lowest BCUT2D eigenvalue weighted by Gasteiger charge is -2.08. The minimum atomic E-state index is -0.165. The van der Waals surface area contributed by atoms with Crippen LogP contribution in [0.1, 0.15) is 16.1 Å². The van der Waals surface area contributed by atoms with Gasteiger partial charge in [0.05, 0.1) is 4.88 Å². The first-order chi connectivity index (χ1) is 12.1. The molecule has 0 bridgehead atoms. The molecule has 0 aliphatic carbocycles. The minimum Gasteiger partial charge on any atom is -0.351 e. The van der Waals surface area contributed by atoms with Gasteiger partial charge in [-0.05, 0) is 41.9 Å². The largest absolute Gasteiger partial charge is 0.351 e. The topological polar surface area (TPSA) is 78.9 Å². The lowest BCUT2D eigenvalue weighted by molar-refractivity contribution is -0.116. The zero-order valence-corrected chi connectivity index (χ0v) is 14.8. The Morgan fingerprint density at radius 2 is 2.12 bits per heavy atom. The molecule has 2 aromatic heterocycles. The van der Waals surface area contributed by atoms with E-state index in [0.717, 1.165) is 5.69 Å². The highest BCUT2D eigenvalue weighted by molar-refractivity contribution is 7.71. The zero-order valence-electron chi connectivity index (χ0n) is 13.2. The molecule has 0 atom stereocenters. The molecular formula is C17H16N4O2S2. The average Bonchev–Trinajstić information content (AvgIpc) is 3.26. The first-order valence-electron chi connectivity index (χ1n) is 7.61. The molecule has 3 rings (SSSR count). The van der Waals surface area contributed by atoms with Gasteiger partial charge in [-0.15, -0.1) is 11.3 Å². The summed E-state index contributed by atoms with van der Waals surface area (Å²) < 4.78 is 2.39. The van der Waals surface area contributed by atoms with E-state index in [9.17, 15) is 9.59 Å². The van der Waals surface area contributed by atoms with Gasteiger partial charge in [0, 0.05) is 36.7 Å². The Labute approximate surface area is 153 Å². The minimum absolute atomic E-state index is 0.161. The maximum absolute atomic E-state index is 12.1. The highest BCUT2D eigenvalue weighted by atomic mass is 32.1. The van der Waals surface area contributed by atoms with Crippen LogP contribution in [0.15, 0.2) is 54.2 Å². The van der Waals surface area contributed by atoms with Crippen molar-refractivity contribution in [3.8, 4) is 5.69 Å². The lowest BCUT2D eigenvalue weighted by atomic mass is 10.2. The van der Waals surface area contributed by atoms with Crippen LogP contribution in [-0.4, -0.2) is 27.9 Å². The predicted molar refractivity (Wildman–Crippen MR) is 101 cm³/mol. The molecule has 128 valence electrons. The van der Waals surface area contributed by atoms with Crippen LogP contribution in [0.5, 0.6) is 0 Å². The summed E-state index contributed by atoms with van der Waals surface area (Å²) in [5, 5.41) is 7.40. The van der Waals surface area contributed by atoms with Crippen molar-refractivity contribution in [1.82, 2.24) is 14.9 Å². The molecule has 1 aromatic carbocycles. The maximum Gasteiger partial charge on any atom is 0.261 e. The van der Waals surface area contributed by atoms with Crippen LogP contribution in [0.25, 0.3) is 5.69 Å². The summed E-state index contributed by atoms with van der Waals surface area (Å²) in [4.78, 5) is 27.4. The molecule has 2 amide bonds. The number of carbonyl (C=O) groups is 2. The van der Waals surface area contributed by atoms with E-state index in [1.807, 2.05) is 46.5 Å². The molecule has 25 heavy (non-hydrogen) atoms. The average molecular weight is 372 g/mol. The SMILES string of the molecule is O=C(CCNC(=O)c1cccs1)Nc1cccc(-n2cc[nH]c2=S)c1. The van der Waals surface area contributed by atoms with Gasteiger partial charge < -0.3 is 15.6 Å². The van der Waals surface area contributed by atoms with Crippen molar-refractivity contribution in [2.45, 2.75) is 6.42 Å². The number of thiophene rings is 1. The number of anilines is 1. The number of nitrogens with zero attached hydrogens (tertiary/aromatic N) is 1. The molecule has 0 saturated carbocycles. The molecule has 0 fully saturated rings. The highest BCUT2D eigenvalue weighted by Crippen LogP contribution is 2.15. The molecule has 6 nitrogen and oxygen atoms in total. The molecule has 3 aromatic rings. The van der Waals surface area contributed by atoms with Crippen molar-refractivity contribution < 1.29 is 9.59 Å². The molecule has 8 heteroatoms. The van der Waals surface area contributed by atoms with Gasteiger partial charge >= 0.3 is 0 Å². The molecule has 0 aliphatic rings. The van der Waals surface area contributed by atoms with Crippen molar-refractivity contribution in [3.63, 3.8) is 0 Å². The summed E-state index contributed by atoms with van der Waals surface area (Å²) in [7, 11) is 0. The Morgan fingerprint density at radius 3 is 2.84 bits per heavy atom. The Bertz CT molecular complexity index is 928. The number of benzene rings is 1. The van der Waals surface area contributed by atoms with Crippen LogP contribution in [0, 0.1) is 4.77 Å². The number of amides is 2. The van der Waals surface area contributed by atoms with Gasteiger partial charge in [-0.2, -0.15) is 0 Å². The lowest BCUT2D eigenvalue weighted by Crippen LogP contribution is -2.27. The van der Waals surface area contributed by atoms with Gasteiger partial charge in [0.2, 0.25) is 5.91 Å². The second-order valence-corrected chi connectivity index (χ2v) is 6.55. The summed E-state index contributed by atoms with van der Waals surface area (Å²) in [5.41, 5.74) is 1.53. The van der Waals surface area contributed by atoms with Crippen LogP contribution in [-0.2, 0) is 4.79 Å². The summed E-state index contributed by atoms with van der Waals surface area (Å²) in [6, 6.07) is 11.0. The van der Waals surface area contributed by atoms with Gasteiger partial charge in [-0.3, -0.25) is 14.2 Å². The molecular weight excluding hydrogens is 356 g/mol. The molecule has 0 spiro atoms. The predicted octanol–water partition coefficient (Wildman–Crippen LogP) is 3.35. The van der Waals surface area contributed by atoms with E-state index in [1.54, 1.807) is 12.3 Å². The third kappa shape index (κ3) is 4.43. The van der Waals surface area contributed by atoms with Crippen molar-refractivity contribution >= 4 is 41.1 Å². The third-order valence-corrected chi connectivity index (χ3v) is 4.62. The number of H-pyrrole nitrogens is 1. The van der Waals surface area contributed by atoms with E-state index in [1.165, 1.54) is 11.3 Å². The monoisotopic (exact) mass is 372 g/mol. The van der Waals surface area contributed by atoms with Crippen molar-refractivity contribution in [2.24, 2.45) is 0 Å². The van der Waals surface area contributed by atoms with Crippen molar-refractivity contribution in [1.29, 1.82) is 0 Å². The fourth-order valence-corrected chi connectivity index (χ4v) is 3.14. The molecule has 3 N–H and O–H groups in total. The second kappa shape index (κ2) is 7.91. The Morgan fingerprint density at radius 1 is 1.24 bits per heavy atom. The van der Waals surface area contributed by atoms with E-state index in [4.69, 9.17) is 12.2 Å².